The van der Waals surface area contributed by atoms with Gasteiger partial charge in [-0.15, -0.1) is 0 Å². The van der Waals surface area contributed by atoms with Gasteiger partial charge in [0.1, 0.15) is 6.04 Å². The molecule has 1 aromatic rings. The van der Waals surface area contributed by atoms with Crippen molar-refractivity contribution < 1.29 is 19.4 Å². The van der Waals surface area contributed by atoms with Crippen LogP contribution in [-0.4, -0.2) is 38.1 Å². The molecule has 0 heterocycles. The largest absolute Gasteiger partial charge is 0.480 e. The van der Waals surface area contributed by atoms with E-state index in [2.05, 4.69) is 5.32 Å². The van der Waals surface area contributed by atoms with E-state index in [4.69, 9.17) is 14.6 Å². The van der Waals surface area contributed by atoms with Crippen LogP contribution in [0.15, 0.2) is 30.3 Å². The number of methoxy groups -OCH3 is 2. The molecule has 1 rings (SSSR count). The molecular weight excluding hydrogens is 222 g/mol. The average Bonchev–Trinajstić information content (AvgIpc) is 2.35. The SMILES string of the molecule is COC(CNC(C(=O)O)c1ccccc1)OC. The van der Waals surface area contributed by atoms with Crippen molar-refractivity contribution >= 4 is 5.97 Å². The van der Waals surface area contributed by atoms with E-state index < -0.39 is 18.3 Å². The lowest BCUT2D eigenvalue weighted by Crippen LogP contribution is -2.36. The second-order valence-electron chi connectivity index (χ2n) is 3.49. The second kappa shape index (κ2) is 7.01. The van der Waals surface area contributed by atoms with Gasteiger partial charge in [-0.1, -0.05) is 30.3 Å². The van der Waals surface area contributed by atoms with E-state index >= 15 is 0 Å². The molecule has 0 aromatic heterocycles. The molecule has 0 fully saturated rings. The van der Waals surface area contributed by atoms with Crippen LogP contribution in [-0.2, 0) is 14.3 Å². The lowest BCUT2D eigenvalue weighted by Gasteiger charge is -2.19. The zero-order valence-corrected chi connectivity index (χ0v) is 9.92. The van der Waals surface area contributed by atoms with Crippen molar-refractivity contribution in [1.29, 1.82) is 0 Å². The highest BCUT2D eigenvalue weighted by atomic mass is 16.7. The molecule has 1 aromatic carbocycles. The van der Waals surface area contributed by atoms with Gasteiger partial charge in [0.25, 0.3) is 0 Å². The van der Waals surface area contributed by atoms with Crippen molar-refractivity contribution in [1.82, 2.24) is 5.32 Å². The van der Waals surface area contributed by atoms with E-state index in [0.29, 0.717) is 12.1 Å². The summed E-state index contributed by atoms with van der Waals surface area (Å²) in [7, 11) is 3.02. The highest BCUT2D eigenvalue weighted by Crippen LogP contribution is 2.12. The molecule has 1 unspecified atom stereocenters. The Morgan fingerprint density at radius 2 is 1.88 bits per heavy atom. The Labute approximate surface area is 100 Å². The monoisotopic (exact) mass is 239 g/mol. The zero-order valence-electron chi connectivity index (χ0n) is 9.92. The number of carboxylic acids is 1. The molecule has 0 spiro atoms. The molecule has 0 aliphatic rings. The molecule has 17 heavy (non-hydrogen) atoms. The smallest absolute Gasteiger partial charge is 0.325 e. The molecule has 5 heteroatoms. The van der Waals surface area contributed by atoms with Gasteiger partial charge in [0.05, 0.1) is 0 Å². The van der Waals surface area contributed by atoms with Crippen LogP contribution < -0.4 is 5.32 Å². The van der Waals surface area contributed by atoms with Gasteiger partial charge in [-0.3, -0.25) is 10.1 Å². The number of benzene rings is 1. The first-order valence-corrected chi connectivity index (χ1v) is 5.25. The van der Waals surface area contributed by atoms with E-state index in [0.717, 1.165) is 0 Å². The van der Waals surface area contributed by atoms with Gasteiger partial charge in [0.15, 0.2) is 6.29 Å². The fraction of sp³-hybridized carbons (Fsp3) is 0.417. The number of hydrogen-bond donors (Lipinski definition) is 2. The van der Waals surface area contributed by atoms with Crippen LogP contribution in [0.3, 0.4) is 0 Å². The number of hydrogen-bond acceptors (Lipinski definition) is 4. The van der Waals surface area contributed by atoms with Crippen molar-refractivity contribution in [2.75, 3.05) is 20.8 Å². The van der Waals surface area contributed by atoms with Gasteiger partial charge in [0.2, 0.25) is 0 Å². The zero-order chi connectivity index (χ0) is 12.7. The van der Waals surface area contributed by atoms with Crippen molar-refractivity contribution in [3.05, 3.63) is 35.9 Å². The molecule has 2 N–H and O–H groups in total. The summed E-state index contributed by atoms with van der Waals surface area (Å²) in [6, 6.07) is 8.22. The van der Waals surface area contributed by atoms with E-state index in [-0.39, 0.29) is 0 Å². The third-order valence-corrected chi connectivity index (χ3v) is 2.39. The third kappa shape index (κ3) is 4.14. The van der Waals surface area contributed by atoms with Crippen molar-refractivity contribution in [3.8, 4) is 0 Å². The first kappa shape index (κ1) is 13.6. The minimum atomic E-state index is -0.929. The lowest BCUT2D eigenvalue weighted by atomic mass is 10.1. The topological polar surface area (TPSA) is 67.8 Å². The predicted molar refractivity (Wildman–Crippen MR) is 62.6 cm³/mol. The van der Waals surface area contributed by atoms with Crippen LogP contribution in [0.1, 0.15) is 11.6 Å². The van der Waals surface area contributed by atoms with Crippen LogP contribution in [0.5, 0.6) is 0 Å². The Balaban J connectivity index is 2.65. The fourth-order valence-corrected chi connectivity index (χ4v) is 1.47. The third-order valence-electron chi connectivity index (χ3n) is 2.39. The summed E-state index contributed by atoms with van der Waals surface area (Å²) in [4.78, 5) is 11.1. The minimum Gasteiger partial charge on any atom is -0.480 e. The maximum Gasteiger partial charge on any atom is 0.325 e. The van der Waals surface area contributed by atoms with Crippen LogP contribution in [0.2, 0.25) is 0 Å². The molecule has 0 saturated carbocycles. The van der Waals surface area contributed by atoms with Gasteiger partial charge in [0, 0.05) is 20.8 Å². The fourth-order valence-electron chi connectivity index (χ4n) is 1.47. The maximum atomic E-state index is 11.1. The van der Waals surface area contributed by atoms with Crippen molar-refractivity contribution in [2.45, 2.75) is 12.3 Å². The maximum absolute atomic E-state index is 11.1. The Morgan fingerprint density at radius 3 is 2.35 bits per heavy atom. The van der Waals surface area contributed by atoms with Crippen molar-refractivity contribution in [2.24, 2.45) is 0 Å². The number of aliphatic carboxylic acids is 1. The summed E-state index contributed by atoms with van der Waals surface area (Å²) < 4.78 is 9.98. The van der Waals surface area contributed by atoms with Crippen LogP contribution in [0.25, 0.3) is 0 Å². The lowest BCUT2D eigenvalue weighted by molar-refractivity contribution is -0.141. The summed E-state index contributed by atoms with van der Waals surface area (Å²) in [5, 5.41) is 12.0. The number of ether oxygens (including phenoxy) is 2. The van der Waals surface area contributed by atoms with E-state index in [1.165, 1.54) is 14.2 Å². The quantitative estimate of drug-likeness (QED) is 0.695. The highest BCUT2D eigenvalue weighted by Gasteiger charge is 2.20. The van der Waals surface area contributed by atoms with Gasteiger partial charge in [-0.25, -0.2) is 0 Å². The molecule has 0 aliphatic heterocycles. The molecule has 0 radical (unpaired) electrons. The summed E-state index contributed by atoms with van der Waals surface area (Å²) >= 11 is 0. The van der Waals surface area contributed by atoms with Crippen LogP contribution >= 0.6 is 0 Å². The first-order valence-electron chi connectivity index (χ1n) is 5.25. The number of rotatable bonds is 7. The number of carbonyl (C=O) groups is 1. The molecule has 0 bridgehead atoms. The van der Waals surface area contributed by atoms with Gasteiger partial charge in [-0.2, -0.15) is 0 Å². The summed E-state index contributed by atoms with van der Waals surface area (Å²) in [5.74, 6) is -0.929. The molecule has 0 amide bonds. The second-order valence-corrected chi connectivity index (χ2v) is 3.49. The molecule has 0 aliphatic carbocycles. The van der Waals surface area contributed by atoms with E-state index in [1.54, 1.807) is 24.3 Å². The van der Waals surface area contributed by atoms with Crippen molar-refractivity contribution in [3.63, 3.8) is 0 Å². The number of carboxylic acid groups (broad SMARTS) is 1. The van der Waals surface area contributed by atoms with Crippen LogP contribution in [0, 0.1) is 0 Å². The Bertz CT molecular complexity index is 338. The Morgan fingerprint density at radius 1 is 1.29 bits per heavy atom. The van der Waals surface area contributed by atoms with E-state index in [1.807, 2.05) is 6.07 Å². The first-order chi connectivity index (χ1) is 8.19. The highest BCUT2D eigenvalue weighted by molar-refractivity contribution is 5.75. The molecule has 1 atom stereocenters. The average molecular weight is 239 g/mol. The van der Waals surface area contributed by atoms with Gasteiger partial charge < -0.3 is 14.6 Å². The van der Waals surface area contributed by atoms with Gasteiger partial charge >= 0.3 is 5.97 Å². The summed E-state index contributed by atoms with van der Waals surface area (Å²) in [6.45, 7) is 0.304. The minimum absolute atomic E-state index is 0.304. The summed E-state index contributed by atoms with van der Waals surface area (Å²) in [6.07, 6.45) is -0.458. The van der Waals surface area contributed by atoms with E-state index in [9.17, 15) is 4.79 Å². The molecular formula is C12H17NO4. The Kier molecular flexibility index (Phi) is 5.62. The molecule has 94 valence electrons. The van der Waals surface area contributed by atoms with Crippen LogP contribution in [0.4, 0.5) is 0 Å². The molecule has 0 saturated heterocycles. The number of nitrogens with one attached hydrogen (secondary N) is 1. The predicted octanol–water partition coefficient (Wildman–Crippen LogP) is 1.02. The molecule has 5 nitrogen and oxygen atoms in total. The summed E-state index contributed by atoms with van der Waals surface area (Å²) in [5.41, 5.74) is 0.700. The van der Waals surface area contributed by atoms with Gasteiger partial charge in [-0.05, 0) is 5.56 Å². The Hall–Kier alpha value is -1.43. The standard InChI is InChI=1S/C12H17NO4/c1-16-10(17-2)8-13-11(12(14)15)9-6-4-3-5-7-9/h3-7,10-11,13H,8H2,1-2H3,(H,14,15). The normalized spacial score (nSPS) is 12.6.